The molecule has 0 spiro atoms. The van der Waals surface area contributed by atoms with Crippen molar-refractivity contribution in [1.29, 1.82) is 0 Å². The molecule has 0 aliphatic carbocycles. The maximum atomic E-state index is 12.2. The van der Waals surface area contributed by atoms with Gasteiger partial charge < -0.3 is 19.3 Å². The maximum absolute atomic E-state index is 12.2. The summed E-state index contributed by atoms with van der Waals surface area (Å²) in [7, 11) is 1.68. The number of anilines is 1. The van der Waals surface area contributed by atoms with Crippen molar-refractivity contribution in [2.24, 2.45) is 11.8 Å². The number of carbonyl (C=O) groups is 1. The van der Waals surface area contributed by atoms with Crippen molar-refractivity contribution in [3.05, 3.63) is 24.3 Å². The quantitative estimate of drug-likeness (QED) is 0.841. The predicted molar refractivity (Wildman–Crippen MR) is 90.0 cm³/mol. The summed E-state index contributed by atoms with van der Waals surface area (Å²) < 4.78 is 10.7. The molecule has 2 aliphatic rings. The molecule has 126 valence electrons. The Balaban J connectivity index is 1.57. The van der Waals surface area contributed by atoms with E-state index in [-0.39, 0.29) is 6.09 Å². The smallest absolute Gasteiger partial charge is 0.410 e. The molecule has 0 unspecified atom stereocenters. The number of hydrogen-bond donors (Lipinski definition) is 0. The highest BCUT2D eigenvalue weighted by Gasteiger charge is 2.42. The van der Waals surface area contributed by atoms with Crippen LogP contribution in [0.3, 0.4) is 0 Å². The van der Waals surface area contributed by atoms with E-state index >= 15 is 0 Å². The molecule has 5 heteroatoms. The van der Waals surface area contributed by atoms with Crippen LogP contribution in [0.25, 0.3) is 0 Å². The lowest BCUT2D eigenvalue weighted by Crippen LogP contribution is -2.37. The molecule has 5 nitrogen and oxygen atoms in total. The molecular formula is C18H26N2O3. The number of nitrogens with zero attached hydrogens (tertiary/aromatic N) is 2. The van der Waals surface area contributed by atoms with Gasteiger partial charge in [-0.15, -0.1) is 0 Å². The Morgan fingerprint density at radius 3 is 2.09 bits per heavy atom. The molecule has 2 heterocycles. The number of ether oxygens (including phenoxy) is 2. The van der Waals surface area contributed by atoms with E-state index in [1.165, 1.54) is 5.69 Å². The minimum Gasteiger partial charge on any atom is -0.497 e. The number of likely N-dealkylation sites (tertiary alicyclic amines) is 1. The number of rotatable bonds is 2. The van der Waals surface area contributed by atoms with Crippen LogP contribution in [0.1, 0.15) is 20.8 Å². The van der Waals surface area contributed by atoms with Crippen LogP contribution in [0.5, 0.6) is 5.75 Å². The second-order valence-corrected chi connectivity index (χ2v) is 7.51. The zero-order chi connectivity index (χ0) is 16.6. The van der Waals surface area contributed by atoms with E-state index in [9.17, 15) is 4.79 Å². The first kappa shape index (κ1) is 16.0. The van der Waals surface area contributed by atoms with E-state index in [1.54, 1.807) is 7.11 Å². The second kappa shape index (κ2) is 5.95. The second-order valence-electron chi connectivity index (χ2n) is 7.51. The van der Waals surface area contributed by atoms with Crippen LogP contribution in [0.4, 0.5) is 10.5 Å². The van der Waals surface area contributed by atoms with Crippen LogP contribution >= 0.6 is 0 Å². The molecule has 1 aromatic rings. The molecule has 0 N–H and O–H groups in total. The molecule has 0 aromatic heterocycles. The van der Waals surface area contributed by atoms with Gasteiger partial charge in [0.15, 0.2) is 0 Å². The molecule has 3 rings (SSSR count). The van der Waals surface area contributed by atoms with Crippen LogP contribution in [-0.4, -0.2) is 49.9 Å². The lowest BCUT2D eigenvalue weighted by atomic mass is 10.0. The molecular weight excluding hydrogens is 292 g/mol. The highest BCUT2D eigenvalue weighted by molar-refractivity contribution is 5.68. The van der Waals surface area contributed by atoms with E-state index in [4.69, 9.17) is 9.47 Å². The number of amides is 1. The lowest BCUT2D eigenvalue weighted by Gasteiger charge is -2.26. The van der Waals surface area contributed by atoms with Crippen LogP contribution in [0.15, 0.2) is 24.3 Å². The number of methoxy groups -OCH3 is 1. The first-order valence-electron chi connectivity index (χ1n) is 8.22. The van der Waals surface area contributed by atoms with Crippen molar-refractivity contribution in [1.82, 2.24) is 4.90 Å². The molecule has 2 aliphatic heterocycles. The zero-order valence-electron chi connectivity index (χ0n) is 14.4. The lowest BCUT2D eigenvalue weighted by molar-refractivity contribution is 0.0282. The predicted octanol–water partition coefficient (Wildman–Crippen LogP) is 3.00. The third-order valence-corrected chi connectivity index (χ3v) is 4.58. The Morgan fingerprint density at radius 2 is 1.61 bits per heavy atom. The van der Waals surface area contributed by atoms with E-state index in [0.29, 0.717) is 11.8 Å². The average Bonchev–Trinajstić information content (AvgIpc) is 3.04. The van der Waals surface area contributed by atoms with Crippen molar-refractivity contribution >= 4 is 11.8 Å². The summed E-state index contributed by atoms with van der Waals surface area (Å²) in [4.78, 5) is 16.5. The Labute approximate surface area is 138 Å². The number of benzene rings is 1. The van der Waals surface area contributed by atoms with Gasteiger partial charge in [0, 0.05) is 43.7 Å². The van der Waals surface area contributed by atoms with Crippen LogP contribution < -0.4 is 9.64 Å². The van der Waals surface area contributed by atoms with Gasteiger partial charge in [0.2, 0.25) is 0 Å². The molecule has 0 saturated carbocycles. The molecule has 2 saturated heterocycles. The van der Waals surface area contributed by atoms with E-state index < -0.39 is 5.60 Å². The normalized spacial score (nSPS) is 23.8. The third-order valence-electron chi connectivity index (χ3n) is 4.58. The first-order valence-corrected chi connectivity index (χ1v) is 8.22. The summed E-state index contributed by atoms with van der Waals surface area (Å²) in [6.45, 7) is 9.32. The monoisotopic (exact) mass is 318 g/mol. The highest BCUT2D eigenvalue weighted by Crippen LogP contribution is 2.35. The third kappa shape index (κ3) is 3.54. The number of fused-ring (bicyclic) bond motifs is 1. The zero-order valence-corrected chi connectivity index (χ0v) is 14.4. The van der Waals surface area contributed by atoms with Crippen LogP contribution in [-0.2, 0) is 4.74 Å². The summed E-state index contributed by atoms with van der Waals surface area (Å²) in [5.74, 6) is 1.94. The van der Waals surface area contributed by atoms with Gasteiger partial charge in [-0.2, -0.15) is 0 Å². The standard InChI is InChI=1S/C18H26N2O3/c1-18(2,3)23-17(21)20-11-13-9-19(10-14(13)12-20)15-5-7-16(22-4)8-6-15/h5-8,13-14H,9-12H2,1-4H3/t13-,14-/m1/s1. The summed E-state index contributed by atoms with van der Waals surface area (Å²) in [6, 6.07) is 8.20. The van der Waals surface area contributed by atoms with E-state index in [2.05, 4.69) is 17.0 Å². The number of carbonyl (C=O) groups excluding carboxylic acids is 1. The molecule has 0 radical (unpaired) electrons. The van der Waals surface area contributed by atoms with Crippen molar-refractivity contribution < 1.29 is 14.3 Å². The Kier molecular flexibility index (Phi) is 4.13. The summed E-state index contributed by atoms with van der Waals surface area (Å²) in [6.07, 6.45) is -0.178. The Bertz CT molecular complexity index is 551. The van der Waals surface area contributed by atoms with Gasteiger partial charge in [-0.05, 0) is 45.0 Å². The van der Waals surface area contributed by atoms with Crippen molar-refractivity contribution in [3.8, 4) is 5.75 Å². The fraction of sp³-hybridized carbons (Fsp3) is 0.611. The fourth-order valence-corrected chi connectivity index (χ4v) is 3.47. The van der Waals surface area contributed by atoms with Gasteiger partial charge in [-0.3, -0.25) is 0 Å². The van der Waals surface area contributed by atoms with Crippen molar-refractivity contribution in [2.75, 3.05) is 38.2 Å². The van der Waals surface area contributed by atoms with Gasteiger partial charge in [0.25, 0.3) is 0 Å². The van der Waals surface area contributed by atoms with E-state index in [1.807, 2.05) is 37.8 Å². The van der Waals surface area contributed by atoms with Gasteiger partial charge in [0.05, 0.1) is 7.11 Å². The van der Waals surface area contributed by atoms with E-state index in [0.717, 1.165) is 31.9 Å². The van der Waals surface area contributed by atoms with Gasteiger partial charge in [0.1, 0.15) is 11.4 Å². The molecule has 2 atom stereocenters. The Morgan fingerprint density at radius 1 is 1.04 bits per heavy atom. The van der Waals surface area contributed by atoms with Crippen molar-refractivity contribution in [2.45, 2.75) is 26.4 Å². The largest absolute Gasteiger partial charge is 0.497 e. The van der Waals surface area contributed by atoms with Gasteiger partial charge in [-0.1, -0.05) is 0 Å². The molecule has 2 fully saturated rings. The minimum absolute atomic E-state index is 0.178. The van der Waals surface area contributed by atoms with Crippen molar-refractivity contribution in [3.63, 3.8) is 0 Å². The fourth-order valence-electron chi connectivity index (χ4n) is 3.47. The molecule has 0 bridgehead atoms. The molecule has 23 heavy (non-hydrogen) atoms. The topological polar surface area (TPSA) is 42.0 Å². The molecule has 1 aromatic carbocycles. The average molecular weight is 318 g/mol. The summed E-state index contributed by atoms with van der Waals surface area (Å²) >= 11 is 0. The SMILES string of the molecule is COc1ccc(N2C[C@@H]3CN(C(=O)OC(C)(C)C)C[C@H]3C2)cc1. The van der Waals surface area contributed by atoms with Gasteiger partial charge in [-0.25, -0.2) is 4.79 Å². The van der Waals surface area contributed by atoms with Gasteiger partial charge >= 0.3 is 6.09 Å². The summed E-state index contributed by atoms with van der Waals surface area (Å²) in [5, 5.41) is 0. The van der Waals surface area contributed by atoms with Crippen LogP contribution in [0.2, 0.25) is 0 Å². The maximum Gasteiger partial charge on any atom is 0.410 e. The number of hydrogen-bond acceptors (Lipinski definition) is 4. The first-order chi connectivity index (χ1) is 10.9. The van der Waals surface area contributed by atoms with Crippen LogP contribution in [0, 0.1) is 11.8 Å². The minimum atomic E-state index is -0.427. The molecule has 1 amide bonds. The summed E-state index contributed by atoms with van der Waals surface area (Å²) in [5.41, 5.74) is 0.799. The Hall–Kier alpha value is -1.91. The highest BCUT2D eigenvalue weighted by atomic mass is 16.6.